The van der Waals surface area contributed by atoms with Gasteiger partial charge in [-0.25, -0.2) is 4.79 Å². The summed E-state index contributed by atoms with van der Waals surface area (Å²) in [7, 11) is 0. The Kier molecular flexibility index (Phi) is 8.19. The molecule has 0 aliphatic heterocycles. The molecule has 4 rings (SSSR count). The molecule has 0 bridgehead atoms. The number of hydrogen-bond acceptors (Lipinski definition) is 6. The first-order chi connectivity index (χ1) is 17.0. The van der Waals surface area contributed by atoms with Crippen LogP contribution < -0.4 is 15.1 Å². The Morgan fingerprint density at radius 2 is 1.80 bits per heavy atom. The lowest BCUT2D eigenvalue weighted by Crippen LogP contribution is -2.03. The largest absolute Gasteiger partial charge is 0.493 e. The highest BCUT2D eigenvalue weighted by Crippen LogP contribution is 2.28. The van der Waals surface area contributed by atoms with Crippen LogP contribution in [0.2, 0.25) is 0 Å². The molecule has 0 radical (unpaired) electrons. The van der Waals surface area contributed by atoms with Crippen molar-refractivity contribution in [2.45, 2.75) is 65.5 Å². The fraction of sp³-hybridized carbons (Fsp3) is 0.393. The molecule has 2 aromatic heterocycles. The van der Waals surface area contributed by atoms with Gasteiger partial charge in [-0.1, -0.05) is 49.7 Å². The normalized spacial score (nSPS) is 11.3. The molecule has 0 saturated carbocycles. The minimum absolute atomic E-state index is 0.393. The van der Waals surface area contributed by atoms with Gasteiger partial charge in [0, 0.05) is 6.54 Å². The standard InChI is InChI=1S/C28H33N3O4/c1-20(2)23-13-12-21(3)16-26(23)34-19-22-18-31(30-29-22)14-8-4-5-9-15-33-27-17-28(32)35-25-11-7-6-10-24(25)27/h6-7,10-13,16-18,20H,4-5,8-9,14-15,19H2,1-3H3. The maximum Gasteiger partial charge on any atom is 0.339 e. The maximum absolute atomic E-state index is 11.7. The van der Waals surface area contributed by atoms with Crippen molar-refractivity contribution in [3.63, 3.8) is 0 Å². The lowest BCUT2D eigenvalue weighted by molar-refractivity contribution is 0.296. The quantitative estimate of drug-likeness (QED) is 0.184. The minimum Gasteiger partial charge on any atom is -0.493 e. The van der Waals surface area contributed by atoms with E-state index < -0.39 is 5.63 Å². The van der Waals surface area contributed by atoms with Crippen LogP contribution in [0.5, 0.6) is 11.5 Å². The Balaban J connectivity index is 1.16. The molecule has 0 fully saturated rings. The summed E-state index contributed by atoms with van der Waals surface area (Å²) in [5.74, 6) is 1.90. The van der Waals surface area contributed by atoms with Gasteiger partial charge in [-0.05, 0) is 61.4 Å². The molecular formula is C28H33N3O4. The Labute approximate surface area is 205 Å². The average Bonchev–Trinajstić information content (AvgIpc) is 3.29. The first kappa shape index (κ1) is 24.5. The lowest BCUT2D eigenvalue weighted by Gasteiger charge is -2.14. The van der Waals surface area contributed by atoms with E-state index in [-0.39, 0.29) is 0 Å². The van der Waals surface area contributed by atoms with E-state index in [1.165, 1.54) is 17.2 Å². The van der Waals surface area contributed by atoms with Crippen molar-refractivity contribution in [2.75, 3.05) is 6.61 Å². The van der Waals surface area contributed by atoms with Crippen molar-refractivity contribution < 1.29 is 13.9 Å². The highest BCUT2D eigenvalue weighted by atomic mass is 16.5. The third-order valence-corrected chi connectivity index (χ3v) is 5.90. The molecule has 0 aliphatic carbocycles. The maximum atomic E-state index is 11.7. The number of rotatable bonds is 12. The fourth-order valence-electron chi connectivity index (χ4n) is 4.02. The summed E-state index contributed by atoms with van der Waals surface area (Å²) in [6.45, 7) is 8.20. The third kappa shape index (κ3) is 6.72. The molecule has 2 heterocycles. The number of unbranched alkanes of at least 4 members (excludes halogenated alkanes) is 3. The van der Waals surface area contributed by atoms with Gasteiger partial charge in [-0.15, -0.1) is 5.10 Å². The summed E-state index contributed by atoms with van der Waals surface area (Å²) in [4.78, 5) is 11.7. The molecule has 0 unspecified atom stereocenters. The lowest BCUT2D eigenvalue weighted by atomic mass is 10.0. The van der Waals surface area contributed by atoms with Crippen molar-refractivity contribution in [1.82, 2.24) is 15.0 Å². The molecule has 4 aromatic rings. The zero-order valence-electron chi connectivity index (χ0n) is 20.7. The van der Waals surface area contributed by atoms with Crippen LogP contribution in [0.1, 0.15) is 62.3 Å². The first-order valence-corrected chi connectivity index (χ1v) is 12.3. The summed E-state index contributed by atoms with van der Waals surface area (Å²) in [5, 5.41) is 9.32. The van der Waals surface area contributed by atoms with Gasteiger partial charge in [0.05, 0.1) is 24.3 Å². The van der Waals surface area contributed by atoms with E-state index in [4.69, 9.17) is 13.9 Å². The van der Waals surface area contributed by atoms with Crippen LogP contribution in [0.4, 0.5) is 0 Å². The molecule has 2 aromatic carbocycles. The molecule has 0 atom stereocenters. The van der Waals surface area contributed by atoms with Crippen molar-refractivity contribution in [1.29, 1.82) is 0 Å². The highest BCUT2D eigenvalue weighted by Gasteiger charge is 2.10. The first-order valence-electron chi connectivity index (χ1n) is 12.3. The number of aromatic nitrogens is 3. The summed E-state index contributed by atoms with van der Waals surface area (Å²) < 4.78 is 19.0. The predicted molar refractivity (Wildman–Crippen MR) is 136 cm³/mol. The smallest absolute Gasteiger partial charge is 0.339 e. The summed E-state index contributed by atoms with van der Waals surface area (Å²) >= 11 is 0. The number of fused-ring (bicyclic) bond motifs is 1. The van der Waals surface area contributed by atoms with Crippen LogP contribution in [0.25, 0.3) is 11.0 Å². The second kappa shape index (κ2) is 11.7. The Bertz CT molecular complexity index is 1310. The second-order valence-electron chi connectivity index (χ2n) is 9.15. The molecule has 35 heavy (non-hydrogen) atoms. The van der Waals surface area contributed by atoms with Gasteiger partial charge < -0.3 is 13.9 Å². The number of nitrogens with zero attached hydrogens (tertiary/aromatic N) is 3. The molecule has 0 spiro atoms. The van der Waals surface area contributed by atoms with E-state index in [1.54, 1.807) is 6.07 Å². The average molecular weight is 476 g/mol. The van der Waals surface area contributed by atoms with Gasteiger partial charge in [0.2, 0.25) is 0 Å². The van der Waals surface area contributed by atoms with E-state index in [1.807, 2.05) is 29.1 Å². The van der Waals surface area contributed by atoms with Crippen LogP contribution >= 0.6 is 0 Å². The van der Waals surface area contributed by atoms with Crippen LogP contribution in [-0.2, 0) is 13.2 Å². The van der Waals surface area contributed by atoms with Crippen molar-refractivity contribution in [3.05, 3.63) is 82.0 Å². The minimum atomic E-state index is -0.393. The molecular weight excluding hydrogens is 442 g/mol. The molecule has 0 aliphatic rings. The third-order valence-electron chi connectivity index (χ3n) is 5.90. The molecule has 184 valence electrons. The fourth-order valence-corrected chi connectivity index (χ4v) is 4.02. The van der Waals surface area contributed by atoms with Crippen LogP contribution in [0.3, 0.4) is 0 Å². The topological polar surface area (TPSA) is 79.4 Å². The molecule has 0 saturated heterocycles. The Morgan fingerprint density at radius 1 is 0.971 bits per heavy atom. The number of para-hydroxylation sites is 1. The van der Waals surface area contributed by atoms with Gasteiger partial charge in [0.15, 0.2) is 0 Å². The second-order valence-corrected chi connectivity index (χ2v) is 9.15. The molecule has 7 nitrogen and oxygen atoms in total. The number of hydrogen-bond donors (Lipinski definition) is 0. The van der Waals surface area contributed by atoms with E-state index in [0.717, 1.165) is 49.1 Å². The predicted octanol–water partition coefficient (Wildman–Crippen LogP) is 6.03. The van der Waals surface area contributed by atoms with Crippen molar-refractivity contribution in [3.8, 4) is 11.5 Å². The number of benzene rings is 2. The summed E-state index contributed by atoms with van der Waals surface area (Å²) in [6, 6.07) is 15.2. The molecule has 0 amide bonds. The number of aryl methyl sites for hydroxylation is 2. The van der Waals surface area contributed by atoms with Crippen LogP contribution in [0, 0.1) is 6.92 Å². The Morgan fingerprint density at radius 3 is 2.66 bits per heavy atom. The van der Waals surface area contributed by atoms with Gasteiger partial charge >= 0.3 is 5.63 Å². The van der Waals surface area contributed by atoms with Crippen molar-refractivity contribution in [2.24, 2.45) is 0 Å². The Hall–Kier alpha value is -3.61. The molecule has 7 heteroatoms. The zero-order chi connectivity index (χ0) is 24.6. The van der Waals surface area contributed by atoms with E-state index in [9.17, 15) is 4.79 Å². The van der Waals surface area contributed by atoms with E-state index >= 15 is 0 Å². The summed E-state index contributed by atoms with van der Waals surface area (Å²) in [6.07, 6.45) is 5.99. The monoisotopic (exact) mass is 475 g/mol. The van der Waals surface area contributed by atoms with Gasteiger partial charge in [-0.3, -0.25) is 4.68 Å². The SMILES string of the molecule is Cc1ccc(C(C)C)c(OCc2cn(CCCCCCOc3cc(=O)oc4ccccc34)nn2)c1. The highest BCUT2D eigenvalue weighted by molar-refractivity contribution is 5.82. The molecule has 0 N–H and O–H groups in total. The van der Waals surface area contributed by atoms with Gasteiger partial charge in [0.1, 0.15) is 29.4 Å². The van der Waals surface area contributed by atoms with Crippen LogP contribution in [0.15, 0.2) is 63.9 Å². The van der Waals surface area contributed by atoms with Gasteiger partial charge in [0.25, 0.3) is 0 Å². The zero-order valence-corrected chi connectivity index (χ0v) is 20.7. The number of ether oxygens (including phenoxy) is 2. The van der Waals surface area contributed by atoms with Crippen molar-refractivity contribution >= 4 is 11.0 Å². The van der Waals surface area contributed by atoms with Crippen LogP contribution in [-0.4, -0.2) is 21.6 Å². The van der Waals surface area contributed by atoms with E-state index in [0.29, 0.717) is 30.5 Å². The van der Waals surface area contributed by atoms with E-state index in [2.05, 4.69) is 49.3 Å². The van der Waals surface area contributed by atoms with Gasteiger partial charge in [-0.2, -0.15) is 0 Å². The summed E-state index contributed by atoms with van der Waals surface area (Å²) in [5.41, 5.74) is 3.37.